The summed E-state index contributed by atoms with van der Waals surface area (Å²) in [5, 5.41) is 0. The summed E-state index contributed by atoms with van der Waals surface area (Å²) in [5.74, 6) is -0.161. The van der Waals surface area contributed by atoms with E-state index in [-0.39, 0.29) is 5.78 Å². The molecule has 0 saturated carbocycles. The highest BCUT2D eigenvalue weighted by Crippen LogP contribution is 2.12. The number of carbonyl (C=O) groups excluding carboxylic acids is 2. The summed E-state index contributed by atoms with van der Waals surface area (Å²) in [4.78, 5) is 23.0. The molecule has 0 aliphatic heterocycles. The van der Waals surface area contributed by atoms with Crippen molar-refractivity contribution in [2.24, 2.45) is 0 Å². The lowest BCUT2D eigenvalue weighted by molar-refractivity contribution is 0.103. The Morgan fingerprint density at radius 3 is 2.47 bits per heavy atom. The van der Waals surface area contributed by atoms with Crippen molar-refractivity contribution >= 4 is 18.1 Å². The number of ketones is 1. The van der Waals surface area contributed by atoms with Crippen LogP contribution in [0.15, 0.2) is 54.6 Å². The van der Waals surface area contributed by atoms with Crippen LogP contribution in [0.2, 0.25) is 0 Å². The number of hydrogen-bond donors (Lipinski definition) is 0. The molecule has 0 fully saturated rings. The van der Waals surface area contributed by atoms with E-state index in [1.165, 1.54) is 6.08 Å². The number of allylic oxidation sites excluding steroid dienone is 1. The Kier molecular flexibility index (Phi) is 4.04. The predicted molar refractivity (Wildman–Crippen MR) is 76.4 cm³/mol. The Balaban J connectivity index is 2.26. The van der Waals surface area contributed by atoms with Gasteiger partial charge >= 0.3 is 0 Å². The lowest BCUT2D eigenvalue weighted by atomic mass is 10.0. The molecule has 2 aromatic carbocycles. The average molecular weight is 250 g/mol. The third kappa shape index (κ3) is 3.26. The Hall–Kier alpha value is -2.48. The van der Waals surface area contributed by atoms with Crippen molar-refractivity contribution in [1.82, 2.24) is 0 Å². The maximum atomic E-state index is 12.1. The van der Waals surface area contributed by atoms with E-state index in [1.54, 1.807) is 18.2 Å². The summed E-state index contributed by atoms with van der Waals surface area (Å²) >= 11 is 0. The maximum Gasteiger partial charge on any atom is 0.186 e. The van der Waals surface area contributed by atoms with Crippen LogP contribution >= 0.6 is 0 Å². The minimum atomic E-state index is -0.161. The molecule has 0 atom stereocenters. The molecule has 2 rings (SSSR count). The van der Waals surface area contributed by atoms with E-state index in [9.17, 15) is 9.59 Å². The molecule has 2 heteroatoms. The molecule has 19 heavy (non-hydrogen) atoms. The number of rotatable bonds is 4. The van der Waals surface area contributed by atoms with Gasteiger partial charge in [-0.05, 0) is 24.6 Å². The van der Waals surface area contributed by atoms with Gasteiger partial charge in [0, 0.05) is 11.1 Å². The van der Waals surface area contributed by atoms with Crippen LogP contribution in [0.25, 0.3) is 6.08 Å². The second-order valence-electron chi connectivity index (χ2n) is 4.32. The first kappa shape index (κ1) is 13.0. The first-order valence-corrected chi connectivity index (χ1v) is 6.04. The van der Waals surface area contributed by atoms with Crippen LogP contribution in [0, 0.1) is 6.92 Å². The first-order valence-electron chi connectivity index (χ1n) is 6.04. The molecular weight excluding hydrogens is 236 g/mol. The molecule has 0 radical (unpaired) electrons. The van der Waals surface area contributed by atoms with Crippen molar-refractivity contribution in [2.45, 2.75) is 6.92 Å². The molecule has 0 unspecified atom stereocenters. The van der Waals surface area contributed by atoms with Crippen molar-refractivity contribution < 1.29 is 9.59 Å². The van der Waals surface area contributed by atoms with Gasteiger partial charge in [0.05, 0.1) is 0 Å². The average Bonchev–Trinajstić information content (AvgIpc) is 2.45. The van der Waals surface area contributed by atoms with Gasteiger partial charge < -0.3 is 0 Å². The predicted octanol–water partition coefficient (Wildman–Crippen LogP) is 3.70. The van der Waals surface area contributed by atoms with Gasteiger partial charge in [-0.1, -0.05) is 54.1 Å². The molecule has 2 nitrogen and oxygen atoms in total. The molecule has 0 saturated heterocycles. The molecule has 94 valence electrons. The summed E-state index contributed by atoms with van der Waals surface area (Å²) in [7, 11) is 0. The molecule has 0 heterocycles. The fourth-order valence-electron chi connectivity index (χ4n) is 1.83. The van der Waals surface area contributed by atoms with Crippen LogP contribution in [0.5, 0.6) is 0 Å². The molecule has 2 aromatic rings. The topological polar surface area (TPSA) is 34.1 Å². The molecule has 0 aromatic heterocycles. The molecule has 0 N–H and O–H groups in total. The van der Waals surface area contributed by atoms with Crippen molar-refractivity contribution in [3.05, 3.63) is 76.9 Å². The molecule has 0 aliphatic rings. The highest BCUT2D eigenvalue weighted by atomic mass is 16.1. The van der Waals surface area contributed by atoms with E-state index in [2.05, 4.69) is 0 Å². The van der Waals surface area contributed by atoms with Crippen LogP contribution in [-0.2, 0) is 0 Å². The van der Waals surface area contributed by atoms with Crippen LogP contribution in [0.4, 0.5) is 0 Å². The van der Waals surface area contributed by atoms with Crippen molar-refractivity contribution in [3.8, 4) is 0 Å². The van der Waals surface area contributed by atoms with Crippen LogP contribution in [0.3, 0.4) is 0 Å². The Labute approximate surface area is 112 Å². The van der Waals surface area contributed by atoms with E-state index in [4.69, 9.17) is 0 Å². The van der Waals surface area contributed by atoms with Crippen molar-refractivity contribution in [1.29, 1.82) is 0 Å². The third-order valence-corrected chi connectivity index (χ3v) is 2.83. The molecule has 0 spiro atoms. The molecule has 0 aliphatic carbocycles. The van der Waals surface area contributed by atoms with E-state index in [0.717, 1.165) is 17.4 Å². The maximum absolute atomic E-state index is 12.1. The van der Waals surface area contributed by atoms with Crippen molar-refractivity contribution in [3.63, 3.8) is 0 Å². The zero-order valence-corrected chi connectivity index (χ0v) is 10.7. The lowest BCUT2D eigenvalue weighted by Gasteiger charge is -2.02. The normalized spacial score (nSPS) is 10.6. The van der Waals surface area contributed by atoms with Crippen LogP contribution in [0.1, 0.15) is 31.8 Å². The smallest absolute Gasteiger partial charge is 0.186 e. The number of carbonyl (C=O) groups is 2. The number of hydrogen-bond acceptors (Lipinski definition) is 2. The van der Waals surface area contributed by atoms with Crippen molar-refractivity contribution in [2.75, 3.05) is 0 Å². The van der Waals surface area contributed by atoms with Crippen LogP contribution in [-0.4, -0.2) is 12.1 Å². The number of benzene rings is 2. The van der Waals surface area contributed by atoms with Gasteiger partial charge in [-0.15, -0.1) is 0 Å². The second kappa shape index (κ2) is 5.91. The van der Waals surface area contributed by atoms with Gasteiger partial charge in [-0.3, -0.25) is 9.59 Å². The zero-order valence-electron chi connectivity index (χ0n) is 10.7. The Morgan fingerprint density at radius 2 is 1.79 bits per heavy atom. The highest BCUT2D eigenvalue weighted by Gasteiger charge is 2.08. The standard InChI is InChI=1S/C17H14O2/c1-13-7-9-16(15(11-13)12-18)17(19)10-8-14-5-3-2-4-6-14/h2-12H,1H3/b10-8+. The van der Waals surface area contributed by atoms with E-state index in [1.807, 2.05) is 43.3 Å². The Morgan fingerprint density at radius 1 is 1.05 bits per heavy atom. The number of aldehydes is 1. The minimum absolute atomic E-state index is 0.161. The summed E-state index contributed by atoms with van der Waals surface area (Å²) in [6, 6.07) is 14.8. The molecular formula is C17H14O2. The first-order chi connectivity index (χ1) is 9.20. The summed E-state index contributed by atoms with van der Waals surface area (Å²) in [6.07, 6.45) is 3.96. The monoisotopic (exact) mass is 250 g/mol. The zero-order chi connectivity index (χ0) is 13.7. The van der Waals surface area contributed by atoms with E-state index in [0.29, 0.717) is 11.1 Å². The van der Waals surface area contributed by atoms with Gasteiger partial charge in [0.15, 0.2) is 12.1 Å². The van der Waals surface area contributed by atoms with Gasteiger partial charge in [-0.25, -0.2) is 0 Å². The van der Waals surface area contributed by atoms with Crippen LogP contribution < -0.4 is 0 Å². The Bertz CT molecular complexity index is 625. The van der Waals surface area contributed by atoms with E-state index < -0.39 is 0 Å². The van der Waals surface area contributed by atoms with E-state index >= 15 is 0 Å². The van der Waals surface area contributed by atoms with Gasteiger partial charge in [-0.2, -0.15) is 0 Å². The molecule has 0 amide bonds. The lowest BCUT2D eigenvalue weighted by Crippen LogP contribution is -2.00. The summed E-state index contributed by atoms with van der Waals surface area (Å²) < 4.78 is 0. The highest BCUT2D eigenvalue weighted by molar-refractivity contribution is 6.10. The number of aryl methyl sites for hydroxylation is 1. The summed E-state index contributed by atoms with van der Waals surface area (Å²) in [6.45, 7) is 1.89. The third-order valence-electron chi connectivity index (χ3n) is 2.83. The van der Waals surface area contributed by atoms with Gasteiger partial charge in [0.25, 0.3) is 0 Å². The summed E-state index contributed by atoms with van der Waals surface area (Å²) in [5.41, 5.74) is 2.79. The van der Waals surface area contributed by atoms with Gasteiger partial charge in [0.1, 0.15) is 0 Å². The minimum Gasteiger partial charge on any atom is -0.298 e. The SMILES string of the molecule is Cc1ccc(C(=O)/C=C/c2ccccc2)c(C=O)c1. The quantitative estimate of drug-likeness (QED) is 0.471. The largest absolute Gasteiger partial charge is 0.298 e. The fraction of sp³-hybridized carbons (Fsp3) is 0.0588. The molecule has 0 bridgehead atoms. The fourth-order valence-corrected chi connectivity index (χ4v) is 1.83. The second-order valence-corrected chi connectivity index (χ2v) is 4.32. The van der Waals surface area contributed by atoms with Gasteiger partial charge in [0.2, 0.25) is 0 Å².